The first-order valence-corrected chi connectivity index (χ1v) is 10.8. The van der Waals surface area contributed by atoms with Crippen LogP contribution in [0, 0.1) is 0 Å². The molecule has 0 saturated carbocycles. The zero-order valence-electron chi connectivity index (χ0n) is 15.2. The molecular weight excluding hydrogens is 352 g/mol. The molecule has 0 amide bonds. The number of hydrogen-bond acceptors (Lipinski definition) is 2. The van der Waals surface area contributed by atoms with E-state index in [0.717, 1.165) is 18.2 Å². The maximum Gasteiger partial charge on any atom is 0.305 e. The van der Waals surface area contributed by atoms with E-state index in [1.807, 2.05) is 0 Å². The largest absolute Gasteiger partial charge is 0.465 e. The third kappa shape index (κ3) is 19.6. The van der Waals surface area contributed by atoms with Gasteiger partial charge in [-0.25, -0.2) is 0 Å². The topological polar surface area (TPSA) is 26.3 Å². The minimum Gasteiger partial charge on any atom is -0.465 e. The number of ether oxygens (including phenoxy) is 1. The summed E-state index contributed by atoms with van der Waals surface area (Å²) in [5.41, 5.74) is 0. The highest BCUT2D eigenvalue weighted by molar-refractivity contribution is 9.09. The first kappa shape index (κ1) is 22.7. The van der Waals surface area contributed by atoms with E-state index in [4.69, 9.17) is 4.74 Å². The third-order valence-electron chi connectivity index (χ3n) is 3.98. The van der Waals surface area contributed by atoms with Gasteiger partial charge in [0.25, 0.3) is 0 Å². The van der Waals surface area contributed by atoms with Crippen molar-refractivity contribution in [2.75, 3.05) is 11.9 Å². The van der Waals surface area contributed by atoms with Gasteiger partial charge in [0.1, 0.15) is 6.61 Å². The molecule has 0 spiro atoms. The van der Waals surface area contributed by atoms with E-state index in [1.54, 1.807) is 0 Å². The van der Waals surface area contributed by atoms with Gasteiger partial charge in [0.05, 0.1) is 0 Å². The number of carbonyl (C=O) groups is 1. The molecule has 0 heterocycles. The van der Waals surface area contributed by atoms with E-state index in [0.29, 0.717) is 13.0 Å². The van der Waals surface area contributed by atoms with Gasteiger partial charge in [-0.15, -0.1) is 0 Å². The van der Waals surface area contributed by atoms with Crippen LogP contribution in [0.4, 0.5) is 0 Å². The normalized spacial score (nSPS) is 11.2. The minimum absolute atomic E-state index is 0.0536. The molecule has 0 aliphatic carbocycles. The van der Waals surface area contributed by atoms with Gasteiger partial charge < -0.3 is 4.74 Å². The SMILES string of the molecule is CCCCCCCC/C=C\CCCCCCCC(=O)OCCBr. The molecule has 0 aromatic rings. The first-order valence-electron chi connectivity index (χ1n) is 9.67. The number of carbonyl (C=O) groups excluding carboxylic acids is 1. The standard InChI is InChI=1S/C20H37BrO2/c1-2-3-4-5-6-7-8-9-10-11-12-13-14-15-16-17-20(22)23-19-18-21/h9-10H,2-8,11-19H2,1H3/b10-9-. The second-order valence-electron chi connectivity index (χ2n) is 6.24. The van der Waals surface area contributed by atoms with Crippen molar-refractivity contribution in [2.24, 2.45) is 0 Å². The summed E-state index contributed by atoms with van der Waals surface area (Å²) in [6.45, 7) is 2.76. The van der Waals surface area contributed by atoms with Gasteiger partial charge in [-0.1, -0.05) is 86.4 Å². The predicted octanol–water partition coefficient (Wildman–Crippen LogP) is 6.96. The van der Waals surface area contributed by atoms with Crippen molar-refractivity contribution in [3.63, 3.8) is 0 Å². The Kier molecular flexibility index (Phi) is 19.5. The molecule has 0 aliphatic rings. The molecule has 0 rings (SSSR count). The molecule has 0 atom stereocenters. The Morgan fingerprint density at radius 2 is 1.35 bits per heavy atom. The maximum absolute atomic E-state index is 11.3. The molecule has 2 nitrogen and oxygen atoms in total. The number of hydrogen-bond donors (Lipinski definition) is 0. The summed E-state index contributed by atoms with van der Waals surface area (Å²) in [6, 6.07) is 0. The third-order valence-corrected chi connectivity index (χ3v) is 4.31. The van der Waals surface area contributed by atoms with Crippen molar-refractivity contribution in [3.05, 3.63) is 12.2 Å². The quantitative estimate of drug-likeness (QED) is 0.116. The highest BCUT2D eigenvalue weighted by Gasteiger charge is 2.01. The summed E-state index contributed by atoms with van der Waals surface area (Å²) in [4.78, 5) is 11.3. The summed E-state index contributed by atoms with van der Waals surface area (Å²) >= 11 is 3.24. The summed E-state index contributed by atoms with van der Waals surface area (Å²) in [7, 11) is 0. The van der Waals surface area contributed by atoms with Crippen molar-refractivity contribution >= 4 is 21.9 Å². The predicted molar refractivity (Wildman–Crippen MR) is 104 cm³/mol. The van der Waals surface area contributed by atoms with Gasteiger partial charge in [-0.05, 0) is 32.1 Å². The number of esters is 1. The zero-order chi connectivity index (χ0) is 17.0. The smallest absolute Gasteiger partial charge is 0.305 e. The molecule has 0 saturated heterocycles. The highest BCUT2D eigenvalue weighted by Crippen LogP contribution is 2.10. The van der Waals surface area contributed by atoms with E-state index in [1.165, 1.54) is 70.6 Å². The second kappa shape index (κ2) is 19.7. The molecule has 136 valence electrons. The van der Waals surface area contributed by atoms with Gasteiger partial charge in [0.15, 0.2) is 0 Å². The number of halogens is 1. The van der Waals surface area contributed by atoms with Crippen LogP contribution in [-0.4, -0.2) is 17.9 Å². The van der Waals surface area contributed by atoms with Crippen molar-refractivity contribution in [1.82, 2.24) is 0 Å². The molecular formula is C20H37BrO2. The average molecular weight is 389 g/mol. The maximum atomic E-state index is 11.3. The molecule has 0 aromatic heterocycles. The average Bonchev–Trinajstić information content (AvgIpc) is 2.56. The van der Waals surface area contributed by atoms with Crippen LogP contribution in [0.5, 0.6) is 0 Å². The van der Waals surface area contributed by atoms with Crippen LogP contribution in [-0.2, 0) is 9.53 Å². The van der Waals surface area contributed by atoms with Crippen LogP contribution in [0.2, 0.25) is 0 Å². The van der Waals surface area contributed by atoms with Crippen molar-refractivity contribution in [3.8, 4) is 0 Å². The Bertz CT molecular complexity index is 277. The van der Waals surface area contributed by atoms with Crippen molar-refractivity contribution < 1.29 is 9.53 Å². The fourth-order valence-electron chi connectivity index (χ4n) is 2.56. The molecule has 0 fully saturated rings. The van der Waals surface area contributed by atoms with Crippen LogP contribution in [0.1, 0.15) is 96.8 Å². The van der Waals surface area contributed by atoms with Gasteiger partial charge in [0.2, 0.25) is 0 Å². The van der Waals surface area contributed by atoms with Crippen LogP contribution in [0.15, 0.2) is 12.2 Å². The van der Waals surface area contributed by atoms with E-state index < -0.39 is 0 Å². The van der Waals surface area contributed by atoms with Crippen LogP contribution >= 0.6 is 15.9 Å². The molecule has 3 heteroatoms. The molecule has 0 aliphatic heterocycles. The van der Waals surface area contributed by atoms with Crippen molar-refractivity contribution in [2.45, 2.75) is 96.8 Å². The van der Waals surface area contributed by atoms with Crippen LogP contribution in [0.25, 0.3) is 0 Å². The van der Waals surface area contributed by atoms with E-state index in [2.05, 4.69) is 35.0 Å². The van der Waals surface area contributed by atoms with Gasteiger partial charge in [0, 0.05) is 11.8 Å². The summed E-state index contributed by atoms with van der Waals surface area (Å²) in [5.74, 6) is -0.0536. The second-order valence-corrected chi connectivity index (χ2v) is 7.04. The number of unbranched alkanes of at least 4 members (excludes halogenated alkanes) is 11. The number of rotatable bonds is 17. The minimum atomic E-state index is -0.0536. The van der Waals surface area contributed by atoms with E-state index >= 15 is 0 Å². The molecule has 0 aromatic carbocycles. The molecule has 23 heavy (non-hydrogen) atoms. The van der Waals surface area contributed by atoms with Crippen LogP contribution in [0.3, 0.4) is 0 Å². The molecule has 0 bridgehead atoms. The lowest BCUT2D eigenvalue weighted by molar-refractivity contribution is -0.143. The Hall–Kier alpha value is -0.310. The Morgan fingerprint density at radius 3 is 1.91 bits per heavy atom. The van der Waals surface area contributed by atoms with Gasteiger partial charge in [-0.3, -0.25) is 4.79 Å². The fourth-order valence-corrected chi connectivity index (χ4v) is 2.73. The zero-order valence-corrected chi connectivity index (χ0v) is 16.7. The number of allylic oxidation sites excluding steroid dienone is 2. The monoisotopic (exact) mass is 388 g/mol. The van der Waals surface area contributed by atoms with E-state index in [9.17, 15) is 4.79 Å². The Labute approximate surface area is 152 Å². The summed E-state index contributed by atoms with van der Waals surface area (Å²) in [5, 5.41) is 0.727. The Balaban J connectivity index is 3.14. The first-order chi connectivity index (χ1) is 11.3. The number of alkyl halides is 1. The summed E-state index contributed by atoms with van der Waals surface area (Å²) in [6.07, 6.45) is 21.9. The van der Waals surface area contributed by atoms with Gasteiger partial charge >= 0.3 is 5.97 Å². The lowest BCUT2D eigenvalue weighted by Gasteiger charge is -2.02. The van der Waals surface area contributed by atoms with E-state index in [-0.39, 0.29) is 5.97 Å². The van der Waals surface area contributed by atoms with Crippen LogP contribution < -0.4 is 0 Å². The van der Waals surface area contributed by atoms with Gasteiger partial charge in [-0.2, -0.15) is 0 Å². The van der Waals surface area contributed by atoms with Crippen molar-refractivity contribution in [1.29, 1.82) is 0 Å². The molecule has 0 radical (unpaired) electrons. The summed E-state index contributed by atoms with van der Waals surface area (Å²) < 4.78 is 5.02. The molecule has 0 N–H and O–H groups in total. The highest BCUT2D eigenvalue weighted by atomic mass is 79.9. The lowest BCUT2D eigenvalue weighted by atomic mass is 10.1. The molecule has 0 unspecified atom stereocenters. The Morgan fingerprint density at radius 1 is 0.826 bits per heavy atom. The lowest BCUT2D eigenvalue weighted by Crippen LogP contribution is -2.05. The fraction of sp³-hybridized carbons (Fsp3) is 0.850.